The van der Waals surface area contributed by atoms with Crippen LogP contribution in [0.25, 0.3) is 0 Å². The van der Waals surface area contributed by atoms with E-state index in [2.05, 4.69) is 19.2 Å². The van der Waals surface area contributed by atoms with Crippen LogP contribution in [0.1, 0.15) is 43.4 Å². The summed E-state index contributed by atoms with van der Waals surface area (Å²) < 4.78 is 13.1. The summed E-state index contributed by atoms with van der Waals surface area (Å²) in [6.07, 6.45) is 3.26. The van der Waals surface area contributed by atoms with E-state index in [0.29, 0.717) is 0 Å². The molecule has 0 aliphatic rings. The molecule has 0 bridgehead atoms. The van der Waals surface area contributed by atoms with Crippen LogP contribution in [0.15, 0.2) is 42.5 Å². The van der Waals surface area contributed by atoms with Crippen LogP contribution in [0.5, 0.6) is 0 Å². The van der Waals surface area contributed by atoms with E-state index in [1.807, 2.05) is 30.3 Å². The number of unbranched alkanes of at least 4 members (excludes halogenated alkanes) is 1. The predicted octanol–water partition coefficient (Wildman–Crippen LogP) is 6.13. The maximum Gasteiger partial charge on any atom is 0.123 e. The second kappa shape index (κ2) is 7.46. The van der Waals surface area contributed by atoms with Crippen molar-refractivity contribution < 1.29 is 4.39 Å². The molecule has 1 nitrogen and oxygen atoms in total. The molecule has 2 aromatic rings. The number of hydrogen-bond donors (Lipinski definition) is 1. The summed E-state index contributed by atoms with van der Waals surface area (Å²) >= 11 is 6.08. The van der Waals surface area contributed by atoms with Gasteiger partial charge < -0.3 is 5.32 Å². The third-order valence-electron chi connectivity index (χ3n) is 3.65. The van der Waals surface area contributed by atoms with Crippen LogP contribution in [0, 0.1) is 12.7 Å². The van der Waals surface area contributed by atoms with Gasteiger partial charge >= 0.3 is 0 Å². The standard InChI is InChI=1S/C18H21ClFN/c1-3-4-5-17(14-7-10-16(20)11-8-14)21-18-12-15(19)9-6-13(18)2/h6-12,17,21H,3-5H2,1-2H3. The molecule has 1 atom stereocenters. The second-order valence-electron chi connectivity index (χ2n) is 5.35. The minimum Gasteiger partial charge on any atom is -0.378 e. The Morgan fingerprint density at radius 1 is 1.14 bits per heavy atom. The van der Waals surface area contributed by atoms with Crippen LogP contribution in [0.3, 0.4) is 0 Å². The van der Waals surface area contributed by atoms with Gasteiger partial charge in [-0.25, -0.2) is 4.39 Å². The zero-order valence-electron chi connectivity index (χ0n) is 12.5. The molecule has 112 valence electrons. The number of halogens is 2. The fourth-order valence-corrected chi connectivity index (χ4v) is 2.54. The van der Waals surface area contributed by atoms with Crippen LogP contribution in [0.4, 0.5) is 10.1 Å². The van der Waals surface area contributed by atoms with Crippen molar-refractivity contribution in [2.75, 3.05) is 5.32 Å². The first-order valence-corrected chi connectivity index (χ1v) is 7.76. The largest absolute Gasteiger partial charge is 0.378 e. The average molecular weight is 306 g/mol. The summed E-state index contributed by atoms with van der Waals surface area (Å²) in [4.78, 5) is 0. The number of aryl methyl sites for hydroxylation is 1. The van der Waals surface area contributed by atoms with Crippen LogP contribution in [0.2, 0.25) is 5.02 Å². The van der Waals surface area contributed by atoms with Crippen molar-refractivity contribution in [2.45, 2.75) is 39.2 Å². The Hall–Kier alpha value is -1.54. The molecule has 3 heteroatoms. The SMILES string of the molecule is CCCCC(Nc1cc(Cl)ccc1C)c1ccc(F)cc1. The molecule has 0 fully saturated rings. The van der Waals surface area contributed by atoms with Gasteiger partial charge in [0.15, 0.2) is 0 Å². The second-order valence-corrected chi connectivity index (χ2v) is 5.79. The fraction of sp³-hybridized carbons (Fsp3) is 0.333. The van der Waals surface area contributed by atoms with Crippen molar-refractivity contribution in [1.82, 2.24) is 0 Å². The first kappa shape index (κ1) is 15.8. The highest BCUT2D eigenvalue weighted by Crippen LogP contribution is 2.28. The average Bonchev–Trinajstić information content (AvgIpc) is 2.48. The smallest absolute Gasteiger partial charge is 0.123 e. The van der Waals surface area contributed by atoms with Crippen molar-refractivity contribution >= 4 is 17.3 Å². The number of benzene rings is 2. The first-order chi connectivity index (χ1) is 10.1. The molecule has 2 rings (SSSR count). The Morgan fingerprint density at radius 3 is 2.52 bits per heavy atom. The fourth-order valence-electron chi connectivity index (χ4n) is 2.36. The number of anilines is 1. The van der Waals surface area contributed by atoms with Gasteiger partial charge in [-0.3, -0.25) is 0 Å². The number of rotatable bonds is 6. The van der Waals surface area contributed by atoms with Gasteiger partial charge in [0.1, 0.15) is 5.82 Å². The molecule has 1 N–H and O–H groups in total. The highest BCUT2D eigenvalue weighted by atomic mass is 35.5. The highest BCUT2D eigenvalue weighted by molar-refractivity contribution is 6.30. The molecule has 0 heterocycles. The Kier molecular flexibility index (Phi) is 5.63. The van der Waals surface area contributed by atoms with Gasteiger partial charge in [0.25, 0.3) is 0 Å². The van der Waals surface area contributed by atoms with Crippen LogP contribution >= 0.6 is 11.6 Å². The lowest BCUT2D eigenvalue weighted by Crippen LogP contribution is -2.11. The molecule has 0 saturated heterocycles. The lowest BCUT2D eigenvalue weighted by atomic mass is 10.00. The summed E-state index contributed by atoms with van der Waals surface area (Å²) in [6, 6.07) is 12.7. The Balaban J connectivity index is 2.23. The van der Waals surface area contributed by atoms with Gasteiger partial charge in [0, 0.05) is 10.7 Å². The minimum atomic E-state index is -0.202. The zero-order valence-corrected chi connectivity index (χ0v) is 13.3. The third kappa shape index (κ3) is 4.47. The van der Waals surface area contributed by atoms with Crippen molar-refractivity contribution in [2.24, 2.45) is 0 Å². The molecule has 0 amide bonds. The monoisotopic (exact) mass is 305 g/mol. The summed E-state index contributed by atoms with van der Waals surface area (Å²) in [5.74, 6) is -0.202. The molecule has 0 spiro atoms. The van der Waals surface area contributed by atoms with E-state index in [4.69, 9.17) is 11.6 Å². The number of nitrogens with one attached hydrogen (secondary N) is 1. The Labute approximate surface area is 131 Å². The van der Waals surface area contributed by atoms with Crippen LogP contribution in [-0.4, -0.2) is 0 Å². The summed E-state index contributed by atoms with van der Waals surface area (Å²) in [5.41, 5.74) is 3.29. The molecule has 2 aromatic carbocycles. The highest BCUT2D eigenvalue weighted by Gasteiger charge is 2.12. The van der Waals surface area contributed by atoms with E-state index in [1.54, 1.807) is 0 Å². The summed E-state index contributed by atoms with van der Waals surface area (Å²) in [5, 5.41) is 4.27. The van der Waals surface area contributed by atoms with E-state index in [1.165, 1.54) is 12.1 Å². The Bertz CT molecular complexity index is 580. The Morgan fingerprint density at radius 2 is 1.86 bits per heavy atom. The van der Waals surface area contributed by atoms with E-state index >= 15 is 0 Å². The van der Waals surface area contributed by atoms with Gasteiger partial charge in [-0.1, -0.05) is 49.6 Å². The maximum absolute atomic E-state index is 13.1. The van der Waals surface area contributed by atoms with Gasteiger partial charge in [-0.2, -0.15) is 0 Å². The topological polar surface area (TPSA) is 12.0 Å². The maximum atomic E-state index is 13.1. The van der Waals surface area contributed by atoms with Crippen molar-refractivity contribution in [3.05, 3.63) is 64.4 Å². The quantitative estimate of drug-likeness (QED) is 0.676. The van der Waals surface area contributed by atoms with Crippen LogP contribution in [-0.2, 0) is 0 Å². The molecular weight excluding hydrogens is 285 g/mol. The van der Waals surface area contributed by atoms with Crippen LogP contribution < -0.4 is 5.32 Å². The zero-order chi connectivity index (χ0) is 15.2. The molecule has 0 aromatic heterocycles. The molecule has 0 aliphatic carbocycles. The lowest BCUT2D eigenvalue weighted by Gasteiger charge is -2.22. The van der Waals surface area contributed by atoms with E-state index in [0.717, 1.165) is 41.1 Å². The van der Waals surface area contributed by atoms with E-state index in [9.17, 15) is 4.39 Å². The minimum absolute atomic E-state index is 0.169. The van der Waals surface area contributed by atoms with E-state index in [-0.39, 0.29) is 11.9 Å². The van der Waals surface area contributed by atoms with Gasteiger partial charge in [0.05, 0.1) is 6.04 Å². The molecule has 0 saturated carbocycles. The van der Waals surface area contributed by atoms with Gasteiger partial charge in [-0.05, 0) is 48.7 Å². The third-order valence-corrected chi connectivity index (χ3v) is 3.88. The summed E-state index contributed by atoms with van der Waals surface area (Å²) in [7, 11) is 0. The first-order valence-electron chi connectivity index (χ1n) is 7.38. The van der Waals surface area contributed by atoms with Crippen molar-refractivity contribution in [3.63, 3.8) is 0 Å². The number of hydrogen-bond acceptors (Lipinski definition) is 1. The molecular formula is C18H21ClFN. The van der Waals surface area contributed by atoms with Gasteiger partial charge in [0.2, 0.25) is 0 Å². The van der Waals surface area contributed by atoms with Crippen molar-refractivity contribution in [1.29, 1.82) is 0 Å². The molecule has 1 unspecified atom stereocenters. The summed E-state index contributed by atoms with van der Waals surface area (Å²) in [6.45, 7) is 4.23. The molecule has 0 radical (unpaired) electrons. The van der Waals surface area contributed by atoms with Gasteiger partial charge in [-0.15, -0.1) is 0 Å². The lowest BCUT2D eigenvalue weighted by molar-refractivity contribution is 0.616. The molecule has 0 aliphatic heterocycles. The predicted molar refractivity (Wildman–Crippen MR) is 88.5 cm³/mol. The van der Waals surface area contributed by atoms with E-state index < -0.39 is 0 Å². The molecule has 21 heavy (non-hydrogen) atoms. The van der Waals surface area contributed by atoms with Crippen molar-refractivity contribution in [3.8, 4) is 0 Å². The normalized spacial score (nSPS) is 12.2.